The van der Waals surface area contributed by atoms with Crippen LogP contribution in [0.2, 0.25) is 0 Å². The van der Waals surface area contributed by atoms with Crippen LogP contribution in [0.1, 0.15) is 53.4 Å². The SMILES string of the molecule is COC(=O)CCCC#CC[C@@H](C(C)=O)C(=O)OC(C)(C)C. The first-order valence-electron chi connectivity index (χ1n) is 6.93. The van der Waals surface area contributed by atoms with Crippen LogP contribution < -0.4 is 0 Å². The molecule has 0 aliphatic rings. The average molecular weight is 296 g/mol. The molecule has 0 rings (SSSR count). The third-order valence-electron chi connectivity index (χ3n) is 2.52. The van der Waals surface area contributed by atoms with Gasteiger partial charge in [0.05, 0.1) is 7.11 Å². The number of ketones is 1. The first kappa shape index (κ1) is 19.2. The molecule has 0 aromatic rings. The molecule has 118 valence electrons. The highest BCUT2D eigenvalue weighted by Crippen LogP contribution is 2.14. The van der Waals surface area contributed by atoms with Crippen LogP contribution in [0.15, 0.2) is 0 Å². The summed E-state index contributed by atoms with van der Waals surface area (Å²) >= 11 is 0. The minimum absolute atomic E-state index is 0.141. The summed E-state index contributed by atoms with van der Waals surface area (Å²) in [5, 5.41) is 0. The van der Waals surface area contributed by atoms with Crippen LogP contribution >= 0.6 is 0 Å². The molecule has 5 heteroatoms. The van der Waals surface area contributed by atoms with Gasteiger partial charge in [-0.1, -0.05) is 0 Å². The lowest BCUT2D eigenvalue weighted by Crippen LogP contribution is -2.31. The molecule has 0 radical (unpaired) electrons. The highest BCUT2D eigenvalue weighted by molar-refractivity contribution is 5.98. The van der Waals surface area contributed by atoms with Crippen LogP contribution in [0.3, 0.4) is 0 Å². The molecule has 0 heterocycles. The van der Waals surface area contributed by atoms with Gasteiger partial charge in [0.1, 0.15) is 17.3 Å². The molecule has 0 N–H and O–H groups in total. The van der Waals surface area contributed by atoms with Crippen LogP contribution in [0, 0.1) is 17.8 Å². The van der Waals surface area contributed by atoms with Gasteiger partial charge in [-0.25, -0.2) is 0 Å². The van der Waals surface area contributed by atoms with E-state index in [-0.39, 0.29) is 18.2 Å². The van der Waals surface area contributed by atoms with Crippen molar-refractivity contribution in [2.75, 3.05) is 7.11 Å². The molecule has 0 aromatic carbocycles. The molecule has 1 atom stereocenters. The summed E-state index contributed by atoms with van der Waals surface area (Å²) < 4.78 is 9.71. The Labute approximate surface area is 126 Å². The maximum atomic E-state index is 11.9. The average Bonchev–Trinajstić information content (AvgIpc) is 2.34. The van der Waals surface area contributed by atoms with Gasteiger partial charge in [0.25, 0.3) is 0 Å². The van der Waals surface area contributed by atoms with E-state index in [1.54, 1.807) is 20.8 Å². The van der Waals surface area contributed by atoms with E-state index in [0.717, 1.165) is 0 Å². The standard InChI is InChI=1S/C16H24O5/c1-12(17)13(15(19)21-16(2,3)4)10-8-6-7-9-11-14(18)20-5/h13H,7,9-11H2,1-5H3/t13-/m0/s1. The van der Waals surface area contributed by atoms with Crippen molar-refractivity contribution in [3.05, 3.63) is 0 Å². The molecule has 0 saturated heterocycles. The fraction of sp³-hybridized carbons (Fsp3) is 0.688. The molecular weight excluding hydrogens is 272 g/mol. The minimum Gasteiger partial charge on any atom is -0.469 e. The summed E-state index contributed by atoms with van der Waals surface area (Å²) in [6.45, 7) is 6.61. The van der Waals surface area contributed by atoms with Crippen molar-refractivity contribution in [3.8, 4) is 11.8 Å². The van der Waals surface area contributed by atoms with E-state index < -0.39 is 17.5 Å². The Bertz CT molecular complexity index is 434. The van der Waals surface area contributed by atoms with E-state index in [1.165, 1.54) is 14.0 Å². The van der Waals surface area contributed by atoms with Gasteiger partial charge in [0.15, 0.2) is 0 Å². The number of unbranched alkanes of at least 4 members (excludes halogenated alkanes) is 1. The molecule has 0 aromatic heterocycles. The number of hydrogen-bond acceptors (Lipinski definition) is 5. The normalized spacial score (nSPS) is 11.9. The lowest BCUT2D eigenvalue weighted by molar-refractivity contribution is -0.161. The van der Waals surface area contributed by atoms with Gasteiger partial charge in [-0.2, -0.15) is 0 Å². The lowest BCUT2D eigenvalue weighted by Gasteiger charge is -2.22. The van der Waals surface area contributed by atoms with Gasteiger partial charge < -0.3 is 9.47 Å². The van der Waals surface area contributed by atoms with Gasteiger partial charge in [-0.3, -0.25) is 14.4 Å². The summed E-state index contributed by atoms with van der Waals surface area (Å²) in [6.07, 6.45) is 1.57. The zero-order valence-corrected chi connectivity index (χ0v) is 13.4. The van der Waals surface area contributed by atoms with Crippen LogP contribution in [-0.4, -0.2) is 30.4 Å². The van der Waals surface area contributed by atoms with E-state index in [9.17, 15) is 14.4 Å². The second kappa shape index (κ2) is 9.17. The smallest absolute Gasteiger partial charge is 0.317 e. The molecule has 0 aliphatic carbocycles. The number of Topliss-reactive ketones (excluding diaryl/α,β-unsaturated/α-hetero) is 1. The quantitative estimate of drug-likeness (QED) is 0.325. The first-order chi connectivity index (χ1) is 9.67. The van der Waals surface area contributed by atoms with Gasteiger partial charge in [-0.15, -0.1) is 11.8 Å². The van der Waals surface area contributed by atoms with Gasteiger partial charge in [0, 0.05) is 19.3 Å². The van der Waals surface area contributed by atoms with Crippen LogP contribution in [-0.2, 0) is 23.9 Å². The summed E-state index contributed by atoms with van der Waals surface area (Å²) in [5.74, 6) is 3.73. The fourth-order valence-electron chi connectivity index (χ4n) is 1.45. The number of carbonyl (C=O) groups is 3. The highest BCUT2D eigenvalue weighted by Gasteiger charge is 2.27. The Kier molecular flexibility index (Phi) is 8.37. The largest absolute Gasteiger partial charge is 0.469 e. The zero-order chi connectivity index (χ0) is 16.5. The maximum Gasteiger partial charge on any atom is 0.317 e. The molecule has 0 aliphatic heterocycles. The van der Waals surface area contributed by atoms with Gasteiger partial charge >= 0.3 is 11.9 Å². The van der Waals surface area contributed by atoms with Crippen molar-refractivity contribution in [2.24, 2.45) is 5.92 Å². The second-order valence-electron chi connectivity index (χ2n) is 5.68. The Morgan fingerprint density at radius 3 is 2.24 bits per heavy atom. The Hall–Kier alpha value is -1.83. The third kappa shape index (κ3) is 9.67. The fourth-order valence-corrected chi connectivity index (χ4v) is 1.45. The van der Waals surface area contributed by atoms with Crippen molar-refractivity contribution < 1.29 is 23.9 Å². The summed E-state index contributed by atoms with van der Waals surface area (Å²) in [4.78, 5) is 34.3. The molecule has 0 spiro atoms. The van der Waals surface area contributed by atoms with Crippen molar-refractivity contribution in [1.29, 1.82) is 0 Å². The summed E-state index contributed by atoms with van der Waals surface area (Å²) in [5.41, 5.74) is -0.626. The molecule has 21 heavy (non-hydrogen) atoms. The topological polar surface area (TPSA) is 69.7 Å². The van der Waals surface area contributed by atoms with Crippen molar-refractivity contribution in [2.45, 2.75) is 59.0 Å². The second-order valence-corrected chi connectivity index (χ2v) is 5.68. The monoisotopic (exact) mass is 296 g/mol. The number of ether oxygens (including phenoxy) is 2. The highest BCUT2D eigenvalue weighted by atomic mass is 16.6. The molecule has 0 unspecified atom stereocenters. The molecule has 0 bridgehead atoms. The number of rotatable bonds is 6. The van der Waals surface area contributed by atoms with Crippen molar-refractivity contribution >= 4 is 17.7 Å². The Morgan fingerprint density at radius 1 is 1.14 bits per heavy atom. The zero-order valence-electron chi connectivity index (χ0n) is 13.4. The van der Waals surface area contributed by atoms with Crippen molar-refractivity contribution in [3.63, 3.8) is 0 Å². The molecule has 0 saturated carbocycles. The predicted octanol–water partition coefficient (Wildman–Crippen LogP) is 2.27. The molecule has 0 fully saturated rings. The third-order valence-corrected chi connectivity index (χ3v) is 2.52. The maximum absolute atomic E-state index is 11.9. The lowest BCUT2D eigenvalue weighted by atomic mass is 10.0. The van der Waals surface area contributed by atoms with E-state index in [2.05, 4.69) is 16.6 Å². The first-order valence-corrected chi connectivity index (χ1v) is 6.93. The van der Waals surface area contributed by atoms with Crippen molar-refractivity contribution in [1.82, 2.24) is 0 Å². The van der Waals surface area contributed by atoms with Crippen LogP contribution in [0.4, 0.5) is 0 Å². The van der Waals surface area contributed by atoms with E-state index in [1.807, 2.05) is 0 Å². The van der Waals surface area contributed by atoms with E-state index >= 15 is 0 Å². The number of hydrogen-bond donors (Lipinski definition) is 0. The summed E-state index contributed by atoms with van der Waals surface area (Å²) in [6, 6.07) is 0. The Morgan fingerprint density at radius 2 is 1.76 bits per heavy atom. The van der Waals surface area contributed by atoms with Crippen LogP contribution in [0.5, 0.6) is 0 Å². The number of methoxy groups -OCH3 is 1. The number of esters is 2. The summed E-state index contributed by atoms with van der Waals surface area (Å²) in [7, 11) is 1.34. The van der Waals surface area contributed by atoms with E-state index in [4.69, 9.17) is 4.74 Å². The Balaban J connectivity index is 4.32. The molecule has 0 amide bonds. The van der Waals surface area contributed by atoms with Gasteiger partial charge in [0.2, 0.25) is 0 Å². The van der Waals surface area contributed by atoms with Crippen LogP contribution in [0.25, 0.3) is 0 Å². The molecule has 5 nitrogen and oxygen atoms in total. The van der Waals surface area contributed by atoms with Gasteiger partial charge in [-0.05, 0) is 34.1 Å². The number of carbonyl (C=O) groups excluding carboxylic acids is 3. The predicted molar refractivity (Wildman–Crippen MR) is 78.3 cm³/mol. The molecular formula is C16H24O5. The van der Waals surface area contributed by atoms with E-state index in [0.29, 0.717) is 19.3 Å². The minimum atomic E-state index is -0.850.